The normalized spacial score (nSPS) is 14.8. The van der Waals surface area contributed by atoms with Crippen molar-refractivity contribution in [2.45, 2.75) is 45.1 Å². The molecule has 0 amide bonds. The van der Waals surface area contributed by atoms with Gasteiger partial charge in [-0.25, -0.2) is 15.0 Å². The topological polar surface area (TPSA) is 109 Å². The van der Waals surface area contributed by atoms with Crippen molar-refractivity contribution < 1.29 is 4.92 Å². The Kier molecular flexibility index (Phi) is 5.03. The van der Waals surface area contributed by atoms with E-state index in [1.807, 2.05) is 31.2 Å². The first-order valence-corrected chi connectivity index (χ1v) is 12.0. The Hall–Kier alpha value is -3.85. The minimum Gasteiger partial charge on any atom is -0.293 e. The van der Waals surface area contributed by atoms with Gasteiger partial charge in [0.05, 0.1) is 21.6 Å². The summed E-state index contributed by atoms with van der Waals surface area (Å²) in [5.74, 6) is 0.603. The molecule has 1 fully saturated rings. The van der Waals surface area contributed by atoms with Crippen LogP contribution in [0, 0.1) is 17.0 Å². The molecule has 0 radical (unpaired) electrons. The summed E-state index contributed by atoms with van der Waals surface area (Å²) in [5, 5.41) is 12.0. The van der Waals surface area contributed by atoms with Crippen LogP contribution in [-0.4, -0.2) is 29.0 Å². The minimum atomic E-state index is -0.532. The van der Waals surface area contributed by atoms with Gasteiger partial charge < -0.3 is 0 Å². The van der Waals surface area contributed by atoms with E-state index in [0.717, 1.165) is 25.7 Å². The average molecular weight is 489 g/mol. The lowest BCUT2D eigenvalue weighted by molar-refractivity contribution is -0.384. The molecule has 1 saturated carbocycles. The van der Waals surface area contributed by atoms with E-state index in [2.05, 4.69) is 0 Å². The summed E-state index contributed by atoms with van der Waals surface area (Å²) in [5.41, 5.74) is 2.58. The Morgan fingerprint density at radius 2 is 1.71 bits per heavy atom. The summed E-state index contributed by atoms with van der Waals surface area (Å²) in [7, 11) is 0. The van der Waals surface area contributed by atoms with Gasteiger partial charge in [-0.1, -0.05) is 43.0 Å². The van der Waals surface area contributed by atoms with Crippen molar-refractivity contribution in [2.75, 3.05) is 0 Å². The number of aromatic nitrogens is 5. The predicted molar refractivity (Wildman–Crippen MR) is 134 cm³/mol. The second kappa shape index (κ2) is 8.13. The standard InChI is InChI=1S/C25H21ClN6O3/c1-14-27-23-21(25(33)30(14)15-7-3-2-4-8-15)22-24(29-19-10-6-5-9-18(19)28-22)31(23)16-11-12-17(26)20(13-16)32(34)35/h5-6,9-13,15H,2-4,7-8H2,1H3. The molecule has 1 aliphatic rings. The molecule has 10 heteroatoms. The van der Waals surface area contributed by atoms with Gasteiger partial charge >= 0.3 is 0 Å². The number of hydrogen-bond acceptors (Lipinski definition) is 6. The zero-order valence-electron chi connectivity index (χ0n) is 18.9. The number of nitro benzene ring substituents is 1. The summed E-state index contributed by atoms with van der Waals surface area (Å²) in [6.45, 7) is 1.83. The van der Waals surface area contributed by atoms with Crippen LogP contribution in [0.25, 0.3) is 38.9 Å². The van der Waals surface area contributed by atoms with Gasteiger partial charge in [0.1, 0.15) is 21.7 Å². The second-order valence-corrected chi connectivity index (χ2v) is 9.34. The summed E-state index contributed by atoms with van der Waals surface area (Å²) in [6, 6.07) is 12.0. The van der Waals surface area contributed by atoms with Crippen molar-refractivity contribution in [3.8, 4) is 5.69 Å². The van der Waals surface area contributed by atoms with Crippen molar-refractivity contribution in [3.05, 3.63) is 73.8 Å². The summed E-state index contributed by atoms with van der Waals surface area (Å²) in [4.78, 5) is 39.5. The van der Waals surface area contributed by atoms with E-state index in [1.165, 1.54) is 18.6 Å². The van der Waals surface area contributed by atoms with Crippen LogP contribution in [0.1, 0.15) is 44.0 Å². The van der Waals surface area contributed by atoms with Gasteiger partial charge in [0.2, 0.25) is 0 Å². The van der Waals surface area contributed by atoms with E-state index in [4.69, 9.17) is 26.6 Å². The molecule has 35 heavy (non-hydrogen) atoms. The number of rotatable bonds is 3. The number of benzene rings is 2. The first-order chi connectivity index (χ1) is 16.9. The van der Waals surface area contributed by atoms with Crippen LogP contribution in [0.4, 0.5) is 5.69 Å². The quantitative estimate of drug-likeness (QED) is 0.239. The van der Waals surface area contributed by atoms with Crippen molar-refractivity contribution in [1.82, 2.24) is 24.1 Å². The maximum Gasteiger partial charge on any atom is 0.289 e. The van der Waals surface area contributed by atoms with Crippen LogP contribution in [0.15, 0.2) is 47.3 Å². The fraction of sp³-hybridized carbons (Fsp3) is 0.280. The second-order valence-electron chi connectivity index (χ2n) is 8.94. The van der Waals surface area contributed by atoms with Gasteiger partial charge in [-0.15, -0.1) is 0 Å². The fourth-order valence-electron chi connectivity index (χ4n) is 5.20. The summed E-state index contributed by atoms with van der Waals surface area (Å²) in [6.07, 6.45) is 5.20. The number of hydrogen-bond donors (Lipinski definition) is 0. The van der Waals surface area contributed by atoms with E-state index >= 15 is 0 Å². The highest BCUT2D eigenvalue weighted by atomic mass is 35.5. The van der Waals surface area contributed by atoms with Crippen molar-refractivity contribution in [3.63, 3.8) is 0 Å². The third-order valence-corrected chi connectivity index (χ3v) is 7.13. The third kappa shape index (κ3) is 3.37. The Bertz CT molecular complexity index is 1720. The van der Waals surface area contributed by atoms with E-state index in [1.54, 1.807) is 15.2 Å². The van der Waals surface area contributed by atoms with Crippen LogP contribution in [0.3, 0.4) is 0 Å². The molecule has 9 nitrogen and oxygen atoms in total. The Morgan fingerprint density at radius 3 is 2.43 bits per heavy atom. The van der Waals surface area contributed by atoms with Gasteiger partial charge in [-0.2, -0.15) is 0 Å². The van der Waals surface area contributed by atoms with Crippen LogP contribution in [0.2, 0.25) is 5.02 Å². The zero-order valence-corrected chi connectivity index (χ0v) is 19.7. The number of nitro groups is 1. The Labute approximate surface area is 204 Å². The highest BCUT2D eigenvalue weighted by Gasteiger charge is 2.26. The van der Waals surface area contributed by atoms with Crippen LogP contribution in [-0.2, 0) is 0 Å². The molecule has 3 aromatic heterocycles. The average Bonchev–Trinajstić information content (AvgIpc) is 3.16. The number of para-hydroxylation sites is 2. The minimum absolute atomic E-state index is 0.0276. The molecular formula is C25H21ClN6O3. The van der Waals surface area contributed by atoms with Crippen LogP contribution < -0.4 is 5.56 Å². The van der Waals surface area contributed by atoms with Gasteiger partial charge in [-0.3, -0.25) is 24.0 Å². The maximum atomic E-state index is 14.0. The molecule has 176 valence electrons. The van der Waals surface area contributed by atoms with E-state index in [9.17, 15) is 14.9 Å². The molecule has 0 atom stereocenters. The highest BCUT2D eigenvalue weighted by molar-refractivity contribution is 6.32. The number of fused-ring (bicyclic) bond motifs is 4. The highest BCUT2D eigenvalue weighted by Crippen LogP contribution is 2.34. The molecule has 0 saturated heterocycles. The first kappa shape index (κ1) is 21.7. The van der Waals surface area contributed by atoms with Crippen molar-refractivity contribution in [2.24, 2.45) is 0 Å². The lowest BCUT2D eigenvalue weighted by atomic mass is 9.95. The summed E-state index contributed by atoms with van der Waals surface area (Å²) < 4.78 is 3.47. The smallest absolute Gasteiger partial charge is 0.289 e. The maximum absolute atomic E-state index is 14.0. The van der Waals surface area contributed by atoms with Crippen molar-refractivity contribution >= 4 is 50.5 Å². The molecule has 1 aliphatic carbocycles. The van der Waals surface area contributed by atoms with E-state index < -0.39 is 4.92 Å². The van der Waals surface area contributed by atoms with E-state index in [-0.39, 0.29) is 22.3 Å². The van der Waals surface area contributed by atoms with Crippen molar-refractivity contribution in [1.29, 1.82) is 0 Å². The van der Waals surface area contributed by atoms with Crippen LogP contribution in [0.5, 0.6) is 0 Å². The largest absolute Gasteiger partial charge is 0.293 e. The zero-order chi connectivity index (χ0) is 24.3. The SMILES string of the molecule is Cc1nc2c(c(=O)n1C1CCCCC1)c1nc3ccccc3nc1n2-c1ccc(Cl)c([N+](=O)[O-])c1. The molecular weight excluding hydrogens is 468 g/mol. The van der Waals surface area contributed by atoms with Gasteiger partial charge in [0.15, 0.2) is 11.3 Å². The number of halogens is 1. The Balaban J connectivity index is 1.75. The molecule has 0 spiro atoms. The number of nitrogens with zero attached hydrogens (tertiary/aromatic N) is 6. The fourth-order valence-corrected chi connectivity index (χ4v) is 5.39. The monoisotopic (exact) mass is 488 g/mol. The summed E-state index contributed by atoms with van der Waals surface area (Å²) >= 11 is 6.08. The van der Waals surface area contributed by atoms with E-state index in [0.29, 0.717) is 44.7 Å². The van der Waals surface area contributed by atoms with Gasteiger partial charge in [0, 0.05) is 12.1 Å². The molecule has 6 rings (SSSR count). The molecule has 0 bridgehead atoms. The lowest BCUT2D eigenvalue weighted by Crippen LogP contribution is -2.29. The Morgan fingerprint density at radius 1 is 1.00 bits per heavy atom. The van der Waals surface area contributed by atoms with Gasteiger partial charge in [0.25, 0.3) is 11.2 Å². The molecule has 2 aromatic carbocycles. The molecule has 0 unspecified atom stereocenters. The van der Waals surface area contributed by atoms with Crippen LogP contribution >= 0.6 is 11.6 Å². The van der Waals surface area contributed by atoms with Gasteiger partial charge in [-0.05, 0) is 44.0 Å². The molecule has 5 aromatic rings. The molecule has 0 N–H and O–H groups in total. The number of aryl methyl sites for hydroxylation is 1. The third-order valence-electron chi connectivity index (χ3n) is 6.81. The predicted octanol–water partition coefficient (Wildman–Crippen LogP) is 5.66. The first-order valence-electron chi connectivity index (χ1n) is 11.6. The lowest BCUT2D eigenvalue weighted by Gasteiger charge is -2.25. The molecule has 3 heterocycles. The molecule has 0 aliphatic heterocycles.